The van der Waals surface area contributed by atoms with Crippen LogP contribution in [0.3, 0.4) is 0 Å². The van der Waals surface area contributed by atoms with Gasteiger partial charge >= 0.3 is 11.7 Å². The summed E-state index contributed by atoms with van der Waals surface area (Å²) in [5, 5.41) is 0.946. The number of hydrogen-bond acceptors (Lipinski definition) is 4. The summed E-state index contributed by atoms with van der Waals surface area (Å²) in [4.78, 5) is 30.1. The lowest BCUT2D eigenvalue weighted by atomic mass is 10.1. The summed E-state index contributed by atoms with van der Waals surface area (Å²) < 4.78 is 10.1. The maximum absolute atomic E-state index is 13.1. The Bertz CT molecular complexity index is 1670. The molecule has 0 spiro atoms. The van der Waals surface area contributed by atoms with Crippen LogP contribution in [0.25, 0.3) is 22.3 Å². The lowest BCUT2D eigenvalue weighted by Gasteiger charge is -2.12. The average molecular weight is 507 g/mol. The van der Waals surface area contributed by atoms with E-state index in [9.17, 15) is 9.59 Å². The summed E-state index contributed by atoms with van der Waals surface area (Å²) in [6.07, 6.45) is 0. The second kappa shape index (κ2) is 9.09. The molecule has 3 aromatic carbocycles. The van der Waals surface area contributed by atoms with E-state index >= 15 is 0 Å². The molecule has 2 heterocycles. The molecule has 5 rings (SSSR count). The van der Waals surface area contributed by atoms with Crippen molar-refractivity contribution in [2.24, 2.45) is 14.1 Å². The van der Waals surface area contributed by atoms with Crippen molar-refractivity contribution in [3.05, 3.63) is 109 Å². The van der Waals surface area contributed by atoms with Gasteiger partial charge in [0, 0.05) is 24.1 Å². The molecular formula is C26H20Cl2N4O3. The highest BCUT2D eigenvalue weighted by molar-refractivity contribution is 6.35. The largest absolute Gasteiger partial charge is 0.425 e. The maximum Gasteiger partial charge on any atom is 0.332 e. The van der Waals surface area contributed by atoms with Gasteiger partial charge in [-0.15, -0.1) is 0 Å². The lowest BCUT2D eigenvalue weighted by molar-refractivity contribution is 0.421. The third-order valence-corrected chi connectivity index (χ3v) is 6.41. The normalized spacial score (nSPS) is 11.2. The monoisotopic (exact) mass is 506 g/mol. The zero-order valence-electron chi connectivity index (χ0n) is 18.9. The number of aromatic nitrogens is 4. The Morgan fingerprint density at radius 2 is 1.54 bits per heavy atom. The van der Waals surface area contributed by atoms with Crippen LogP contribution in [-0.4, -0.2) is 18.7 Å². The van der Waals surface area contributed by atoms with Crippen molar-refractivity contribution >= 4 is 34.4 Å². The van der Waals surface area contributed by atoms with Crippen LogP contribution in [0.4, 0.5) is 0 Å². The van der Waals surface area contributed by atoms with E-state index in [0.29, 0.717) is 15.8 Å². The third kappa shape index (κ3) is 4.24. The first-order valence-electron chi connectivity index (χ1n) is 10.8. The number of hydrogen-bond donors (Lipinski definition) is 0. The zero-order chi connectivity index (χ0) is 24.7. The molecule has 0 atom stereocenters. The lowest BCUT2D eigenvalue weighted by Crippen LogP contribution is -2.37. The smallest absolute Gasteiger partial charge is 0.332 e. The first-order chi connectivity index (χ1) is 16.8. The summed E-state index contributed by atoms with van der Waals surface area (Å²) >= 11 is 12.5. The van der Waals surface area contributed by atoms with Gasteiger partial charge in [-0.25, -0.2) is 4.79 Å². The maximum atomic E-state index is 13.1. The molecule has 0 aliphatic heterocycles. The molecule has 0 saturated heterocycles. The minimum atomic E-state index is -0.477. The highest BCUT2D eigenvalue weighted by atomic mass is 35.5. The molecule has 0 radical (unpaired) electrons. The van der Waals surface area contributed by atoms with Gasteiger partial charge in [-0.3, -0.25) is 18.5 Å². The van der Waals surface area contributed by atoms with Gasteiger partial charge in [0.2, 0.25) is 0 Å². The van der Waals surface area contributed by atoms with Crippen molar-refractivity contribution in [3.63, 3.8) is 0 Å². The Balaban J connectivity index is 1.62. The predicted octanol–water partition coefficient (Wildman–Crippen LogP) is 5.25. The van der Waals surface area contributed by atoms with E-state index in [1.807, 2.05) is 54.6 Å². The van der Waals surface area contributed by atoms with Crippen LogP contribution >= 0.6 is 23.2 Å². The highest BCUT2D eigenvalue weighted by Crippen LogP contribution is 2.29. The summed E-state index contributed by atoms with van der Waals surface area (Å²) in [6, 6.07) is 22.8. The number of nitrogens with zero attached hydrogens (tertiary/aromatic N) is 4. The summed E-state index contributed by atoms with van der Waals surface area (Å²) in [6.45, 7) is 0.192. The fourth-order valence-corrected chi connectivity index (χ4v) is 4.39. The summed E-state index contributed by atoms with van der Waals surface area (Å²) in [5.41, 5.74) is 2.34. The molecule has 0 fully saturated rings. The van der Waals surface area contributed by atoms with E-state index < -0.39 is 11.2 Å². The molecule has 35 heavy (non-hydrogen) atoms. The number of aryl methyl sites for hydroxylation is 1. The molecule has 0 amide bonds. The number of imidazole rings is 1. The van der Waals surface area contributed by atoms with Crippen LogP contribution in [0, 0.1) is 0 Å². The Morgan fingerprint density at radius 3 is 2.23 bits per heavy atom. The molecule has 0 saturated carbocycles. The molecule has 176 valence electrons. The zero-order valence-corrected chi connectivity index (χ0v) is 20.4. The molecule has 5 aromatic rings. The summed E-state index contributed by atoms with van der Waals surface area (Å²) in [5.74, 6) is 0.533. The fraction of sp³-hybridized carbons (Fsp3) is 0.115. The molecule has 0 aliphatic carbocycles. The molecule has 2 aromatic heterocycles. The topological polar surface area (TPSA) is 71.1 Å². The SMILES string of the molecule is Cn1c(=O)c2c(nc(Oc3ccc(-c4ccccc4)cc3)n2Cc2ccc(Cl)cc2Cl)n(C)c1=O. The molecule has 0 N–H and O–H groups in total. The Kier molecular flexibility index (Phi) is 5.96. The van der Waals surface area contributed by atoms with Crippen molar-refractivity contribution in [2.75, 3.05) is 0 Å². The van der Waals surface area contributed by atoms with Gasteiger partial charge in [0.05, 0.1) is 6.54 Å². The van der Waals surface area contributed by atoms with Gasteiger partial charge in [0.25, 0.3) is 5.56 Å². The molecule has 0 bridgehead atoms. The van der Waals surface area contributed by atoms with Crippen molar-refractivity contribution < 1.29 is 4.74 Å². The van der Waals surface area contributed by atoms with E-state index in [-0.39, 0.29) is 23.7 Å². The van der Waals surface area contributed by atoms with Crippen LogP contribution in [0.15, 0.2) is 82.4 Å². The summed E-state index contributed by atoms with van der Waals surface area (Å²) in [7, 11) is 2.99. The predicted molar refractivity (Wildman–Crippen MR) is 138 cm³/mol. The third-order valence-electron chi connectivity index (χ3n) is 5.83. The van der Waals surface area contributed by atoms with E-state index in [1.54, 1.807) is 29.8 Å². The molecule has 9 heteroatoms. The Labute approximate surface area is 210 Å². The molecule has 0 unspecified atom stereocenters. The second-order valence-corrected chi connectivity index (χ2v) is 8.93. The van der Waals surface area contributed by atoms with Crippen molar-refractivity contribution in [3.8, 4) is 22.9 Å². The van der Waals surface area contributed by atoms with Crippen LogP contribution in [0.5, 0.6) is 11.8 Å². The molecule has 7 nitrogen and oxygen atoms in total. The van der Waals surface area contributed by atoms with Gasteiger partial charge in [0.15, 0.2) is 11.2 Å². The number of rotatable bonds is 5. The average Bonchev–Trinajstić information content (AvgIpc) is 3.22. The van der Waals surface area contributed by atoms with Crippen molar-refractivity contribution in [1.29, 1.82) is 0 Å². The van der Waals surface area contributed by atoms with Crippen LogP contribution in [0.1, 0.15) is 5.56 Å². The van der Waals surface area contributed by atoms with Crippen molar-refractivity contribution in [1.82, 2.24) is 18.7 Å². The number of fused-ring (bicyclic) bond motifs is 1. The minimum Gasteiger partial charge on any atom is -0.425 e. The quantitative estimate of drug-likeness (QED) is 0.326. The molecular weight excluding hydrogens is 487 g/mol. The number of benzene rings is 3. The first-order valence-corrected chi connectivity index (χ1v) is 11.5. The van der Waals surface area contributed by atoms with E-state index in [2.05, 4.69) is 4.98 Å². The van der Waals surface area contributed by atoms with E-state index in [0.717, 1.165) is 21.3 Å². The number of ether oxygens (including phenoxy) is 1. The first kappa shape index (κ1) is 23.0. The van der Waals surface area contributed by atoms with Gasteiger partial charge in [0.1, 0.15) is 5.75 Å². The van der Waals surface area contributed by atoms with E-state index in [1.165, 1.54) is 11.6 Å². The standard InChI is InChI=1S/C26H20Cl2N4O3/c1-30-23-22(24(33)31(2)26(30)34)32(15-18-8-11-19(27)14-21(18)28)25(29-23)35-20-12-9-17(10-13-20)16-6-4-3-5-7-16/h3-14H,15H2,1-2H3. The van der Waals surface area contributed by atoms with Gasteiger partial charge in [-0.2, -0.15) is 4.98 Å². The van der Waals surface area contributed by atoms with Gasteiger partial charge in [-0.1, -0.05) is 71.7 Å². The Morgan fingerprint density at radius 1 is 0.857 bits per heavy atom. The van der Waals surface area contributed by atoms with Gasteiger partial charge in [-0.05, 0) is 41.0 Å². The molecule has 0 aliphatic rings. The Hall–Kier alpha value is -3.81. The van der Waals surface area contributed by atoms with Crippen LogP contribution in [0.2, 0.25) is 10.0 Å². The van der Waals surface area contributed by atoms with Crippen LogP contribution in [-0.2, 0) is 20.6 Å². The van der Waals surface area contributed by atoms with E-state index in [4.69, 9.17) is 27.9 Å². The van der Waals surface area contributed by atoms with Crippen LogP contribution < -0.4 is 16.0 Å². The van der Waals surface area contributed by atoms with Gasteiger partial charge < -0.3 is 4.74 Å². The second-order valence-electron chi connectivity index (χ2n) is 8.09. The fourth-order valence-electron chi connectivity index (χ4n) is 3.92. The minimum absolute atomic E-state index is 0.164. The number of halogens is 2. The van der Waals surface area contributed by atoms with Crippen molar-refractivity contribution in [2.45, 2.75) is 6.54 Å². The highest BCUT2D eigenvalue weighted by Gasteiger charge is 2.21.